The molecule has 1 fully saturated rings. The summed E-state index contributed by atoms with van der Waals surface area (Å²) < 4.78 is 5.90. The van der Waals surface area contributed by atoms with Gasteiger partial charge in [-0.3, -0.25) is 0 Å². The molecule has 23 heavy (non-hydrogen) atoms. The molecule has 2 heterocycles. The number of rotatable bonds is 7. The molecule has 124 valence electrons. The first-order chi connectivity index (χ1) is 11.3. The molecular formula is C19H27N3O. The molecule has 0 bridgehead atoms. The van der Waals surface area contributed by atoms with E-state index in [2.05, 4.69) is 46.4 Å². The van der Waals surface area contributed by atoms with Crippen LogP contribution in [0.25, 0.3) is 11.3 Å². The van der Waals surface area contributed by atoms with E-state index >= 15 is 0 Å². The highest BCUT2D eigenvalue weighted by Crippen LogP contribution is 2.21. The Kier molecular flexibility index (Phi) is 5.86. The standard InChI is InChI=1S/C19H27N3O/c1-21-12-14-22(15-13-21)11-5-10-20-16-18-8-9-19(23-18)17-6-3-2-4-7-17/h2-4,6-9,20H,5,10-16H2,1H3. The molecular weight excluding hydrogens is 286 g/mol. The van der Waals surface area contributed by atoms with Crippen LogP contribution in [-0.4, -0.2) is 56.1 Å². The minimum Gasteiger partial charge on any atom is -0.460 e. The van der Waals surface area contributed by atoms with Crippen molar-refractivity contribution in [1.29, 1.82) is 0 Å². The smallest absolute Gasteiger partial charge is 0.134 e. The second-order valence-corrected chi connectivity index (χ2v) is 6.31. The van der Waals surface area contributed by atoms with Crippen LogP contribution in [0.4, 0.5) is 0 Å². The highest BCUT2D eigenvalue weighted by molar-refractivity contribution is 5.57. The van der Waals surface area contributed by atoms with E-state index in [1.165, 1.54) is 39.1 Å². The van der Waals surface area contributed by atoms with Gasteiger partial charge in [-0.2, -0.15) is 0 Å². The van der Waals surface area contributed by atoms with E-state index < -0.39 is 0 Å². The molecule has 1 aliphatic heterocycles. The van der Waals surface area contributed by atoms with Gasteiger partial charge in [0.25, 0.3) is 0 Å². The lowest BCUT2D eigenvalue weighted by Crippen LogP contribution is -2.45. The first kappa shape index (κ1) is 16.2. The number of hydrogen-bond acceptors (Lipinski definition) is 4. The Labute approximate surface area is 139 Å². The molecule has 4 nitrogen and oxygen atoms in total. The normalized spacial score (nSPS) is 16.7. The van der Waals surface area contributed by atoms with Gasteiger partial charge in [-0.05, 0) is 38.7 Å². The summed E-state index contributed by atoms with van der Waals surface area (Å²) in [6, 6.07) is 14.4. The third-order valence-corrected chi connectivity index (χ3v) is 4.44. The zero-order valence-corrected chi connectivity index (χ0v) is 14.0. The summed E-state index contributed by atoms with van der Waals surface area (Å²) >= 11 is 0. The average Bonchev–Trinajstić information content (AvgIpc) is 3.06. The Morgan fingerprint density at radius 3 is 2.57 bits per heavy atom. The first-order valence-corrected chi connectivity index (χ1v) is 8.57. The van der Waals surface area contributed by atoms with E-state index in [0.717, 1.165) is 30.2 Å². The van der Waals surface area contributed by atoms with Gasteiger partial charge in [-0.15, -0.1) is 0 Å². The molecule has 1 aromatic heterocycles. The number of furan rings is 1. The van der Waals surface area contributed by atoms with E-state index in [0.29, 0.717) is 0 Å². The van der Waals surface area contributed by atoms with Gasteiger partial charge >= 0.3 is 0 Å². The topological polar surface area (TPSA) is 31.6 Å². The van der Waals surface area contributed by atoms with E-state index in [1.54, 1.807) is 0 Å². The number of benzene rings is 1. The van der Waals surface area contributed by atoms with Gasteiger partial charge in [0.1, 0.15) is 11.5 Å². The highest BCUT2D eigenvalue weighted by atomic mass is 16.3. The van der Waals surface area contributed by atoms with Gasteiger partial charge in [0, 0.05) is 31.7 Å². The summed E-state index contributed by atoms with van der Waals surface area (Å²) in [7, 11) is 2.20. The minimum atomic E-state index is 0.801. The number of nitrogens with zero attached hydrogens (tertiary/aromatic N) is 2. The van der Waals surface area contributed by atoms with Crippen LogP contribution < -0.4 is 5.32 Å². The first-order valence-electron chi connectivity index (χ1n) is 8.57. The van der Waals surface area contributed by atoms with Crippen molar-refractivity contribution in [2.75, 3.05) is 46.3 Å². The van der Waals surface area contributed by atoms with Crippen molar-refractivity contribution in [3.05, 3.63) is 48.2 Å². The fraction of sp³-hybridized carbons (Fsp3) is 0.474. The van der Waals surface area contributed by atoms with Crippen LogP contribution in [-0.2, 0) is 6.54 Å². The maximum absolute atomic E-state index is 5.90. The molecule has 1 aromatic carbocycles. The van der Waals surface area contributed by atoms with Gasteiger partial charge < -0.3 is 19.5 Å². The van der Waals surface area contributed by atoms with Gasteiger partial charge in [-0.25, -0.2) is 0 Å². The second kappa shape index (κ2) is 8.29. The van der Waals surface area contributed by atoms with Crippen LogP contribution in [0.1, 0.15) is 12.2 Å². The van der Waals surface area contributed by atoms with Crippen molar-refractivity contribution in [2.24, 2.45) is 0 Å². The number of nitrogens with one attached hydrogen (secondary N) is 1. The average molecular weight is 313 g/mol. The highest BCUT2D eigenvalue weighted by Gasteiger charge is 2.12. The summed E-state index contributed by atoms with van der Waals surface area (Å²) in [5.41, 5.74) is 1.13. The van der Waals surface area contributed by atoms with Crippen LogP contribution in [0, 0.1) is 0 Å². The van der Waals surface area contributed by atoms with Gasteiger partial charge in [0.05, 0.1) is 6.54 Å². The predicted molar refractivity (Wildman–Crippen MR) is 94.4 cm³/mol. The van der Waals surface area contributed by atoms with Crippen LogP contribution in [0.5, 0.6) is 0 Å². The summed E-state index contributed by atoms with van der Waals surface area (Å²) in [5, 5.41) is 3.48. The number of likely N-dealkylation sites (N-methyl/N-ethyl adjacent to an activating group) is 1. The van der Waals surface area contributed by atoms with Crippen LogP contribution in [0.15, 0.2) is 46.9 Å². The predicted octanol–water partition coefficient (Wildman–Crippen LogP) is 2.67. The fourth-order valence-corrected chi connectivity index (χ4v) is 2.94. The lowest BCUT2D eigenvalue weighted by molar-refractivity contribution is 0.152. The summed E-state index contributed by atoms with van der Waals surface area (Å²) in [4.78, 5) is 4.96. The van der Waals surface area contributed by atoms with E-state index in [1.807, 2.05) is 18.2 Å². The molecule has 0 saturated carbocycles. The van der Waals surface area contributed by atoms with Gasteiger partial charge in [0.2, 0.25) is 0 Å². The Bertz CT molecular complexity index is 573. The molecule has 3 rings (SSSR count). The maximum atomic E-state index is 5.90. The van der Waals surface area contributed by atoms with Crippen LogP contribution in [0.3, 0.4) is 0 Å². The fourth-order valence-electron chi connectivity index (χ4n) is 2.94. The van der Waals surface area contributed by atoms with E-state index in [4.69, 9.17) is 4.42 Å². The molecule has 2 aromatic rings. The molecule has 1 aliphatic rings. The van der Waals surface area contributed by atoms with Crippen molar-refractivity contribution >= 4 is 0 Å². The zero-order valence-electron chi connectivity index (χ0n) is 14.0. The number of hydrogen-bond donors (Lipinski definition) is 1. The third kappa shape index (κ3) is 4.93. The van der Waals surface area contributed by atoms with Crippen molar-refractivity contribution < 1.29 is 4.42 Å². The van der Waals surface area contributed by atoms with Crippen molar-refractivity contribution in [3.8, 4) is 11.3 Å². The molecule has 1 N–H and O–H groups in total. The lowest BCUT2D eigenvalue weighted by atomic mass is 10.2. The van der Waals surface area contributed by atoms with Crippen LogP contribution in [0.2, 0.25) is 0 Å². The zero-order chi connectivity index (χ0) is 15.9. The van der Waals surface area contributed by atoms with Crippen molar-refractivity contribution in [2.45, 2.75) is 13.0 Å². The SMILES string of the molecule is CN1CCN(CCCNCc2ccc(-c3ccccc3)o2)CC1. The molecule has 1 saturated heterocycles. The Balaban J connectivity index is 1.34. The molecule has 0 unspecified atom stereocenters. The van der Waals surface area contributed by atoms with E-state index in [9.17, 15) is 0 Å². The maximum Gasteiger partial charge on any atom is 0.134 e. The Morgan fingerprint density at radius 2 is 1.78 bits per heavy atom. The summed E-state index contributed by atoms with van der Waals surface area (Å²) in [6.07, 6.45) is 1.19. The van der Waals surface area contributed by atoms with Gasteiger partial charge in [-0.1, -0.05) is 30.3 Å². The Hall–Kier alpha value is -1.62. The van der Waals surface area contributed by atoms with Crippen molar-refractivity contribution in [3.63, 3.8) is 0 Å². The monoisotopic (exact) mass is 313 g/mol. The molecule has 0 aliphatic carbocycles. The largest absolute Gasteiger partial charge is 0.460 e. The summed E-state index contributed by atoms with van der Waals surface area (Å²) in [6.45, 7) is 7.83. The second-order valence-electron chi connectivity index (χ2n) is 6.31. The molecule has 0 amide bonds. The van der Waals surface area contributed by atoms with Gasteiger partial charge in [0.15, 0.2) is 0 Å². The molecule has 0 atom stereocenters. The van der Waals surface area contributed by atoms with Crippen molar-refractivity contribution in [1.82, 2.24) is 15.1 Å². The quantitative estimate of drug-likeness (QED) is 0.797. The Morgan fingerprint density at radius 1 is 1.00 bits per heavy atom. The number of piperazine rings is 1. The minimum absolute atomic E-state index is 0.801. The molecule has 0 radical (unpaired) electrons. The third-order valence-electron chi connectivity index (χ3n) is 4.44. The van der Waals surface area contributed by atoms with Crippen LogP contribution >= 0.6 is 0 Å². The summed E-state index contributed by atoms with van der Waals surface area (Å²) in [5.74, 6) is 1.95. The molecule has 0 spiro atoms. The van der Waals surface area contributed by atoms with E-state index in [-0.39, 0.29) is 0 Å². The lowest BCUT2D eigenvalue weighted by Gasteiger charge is -2.32. The molecule has 4 heteroatoms.